The number of hydrogen-bond acceptors (Lipinski definition) is 5. The van der Waals surface area contributed by atoms with Gasteiger partial charge in [-0.3, -0.25) is 4.79 Å². The summed E-state index contributed by atoms with van der Waals surface area (Å²) < 4.78 is 31.1. The highest BCUT2D eigenvalue weighted by molar-refractivity contribution is 7.89. The molecule has 9 heteroatoms. The maximum Gasteiger partial charge on any atom is 0.339 e. The van der Waals surface area contributed by atoms with Crippen LogP contribution in [0.4, 0.5) is 0 Å². The molecule has 1 rings (SSSR count). The molecule has 8 nitrogen and oxygen atoms in total. The lowest BCUT2D eigenvalue weighted by molar-refractivity contribution is -0.118. The first-order chi connectivity index (χ1) is 9.77. The number of carboxylic acid groups (broad SMARTS) is 1. The molecule has 0 bridgehead atoms. The van der Waals surface area contributed by atoms with Gasteiger partial charge in [-0.25, -0.2) is 17.9 Å². The van der Waals surface area contributed by atoms with Crippen LogP contribution in [-0.4, -0.2) is 45.6 Å². The van der Waals surface area contributed by atoms with E-state index in [-0.39, 0.29) is 35.2 Å². The summed E-state index contributed by atoms with van der Waals surface area (Å²) in [4.78, 5) is 21.5. The Hall–Kier alpha value is -2.13. The van der Waals surface area contributed by atoms with Gasteiger partial charge in [0, 0.05) is 20.0 Å². The minimum absolute atomic E-state index is 0.00362. The Morgan fingerprint density at radius 2 is 1.95 bits per heavy atom. The fourth-order valence-electron chi connectivity index (χ4n) is 1.53. The second-order valence-electron chi connectivity index (χ2n) is 4.05. The number of amides is 1. The van der Waals surface area contributed by atoms with Crippen LogP contribution in [0.15, 0.2) is 23.1 Å². The number of methoxy groups -OCH3 is 1. The first-order valence-corrected chi connectivity index (χ1v) is 7.41. The first kappa shape index (κ1) is 16.9. The van der Waals surface area contributed by atoms with Crippen LogP contribution in [-0.2, 0) is 14.8 Å². The first-order valence-electron chi connectivity index (χ1n) is 5.93. The van der Waals surface area contributed by atoms with Crippen LogP contribution in [0.5, 0.6) is 5.75 Å². The Balaban J connectivity index is 2.90. The molecule has 0 unspecified atom stereocenters. The highest BCUT2D eigenvalue weighted by atomic mass is 32.2. The molecule has 21 heavy (non-hydrogen) atoms. The Morgan fingerprint density at radius 3 is 2.48 bits per heavy atom. The lowest BCUT2D eigenvalue weighted by Gasteiger charge is -2.10. The van der Waals surface area contributed by atoms with Crippen LogP contribution >= 0.6 is 0 Å². The Labute approximate surface area is 122 Å². The largest absolute Gasteiger partial charge is 0.496 e. The average Bonchev–Trinajstić information content (AvgIpc) is 2.42. The van der Waals surface area contributed by atoms with Crippen molar-refractivity contribution in [1.82, 2.24) is 10.0 Å². The molecule has 0 saturated carbocycles. The highest BCUT2D eigenvalue weighted by Crippen LogP contribution is 2.22. The van der Waals surface area contributed by atoms with Crippen molar-refractivity contribution in [3.63, 3.8) is 0 Å². The van der Waals surface area contributed by atoms with Crippen molar-refractivity contribution in [3.8, 4) is 5.75 Å². The zero-order valence-electron chi connectivity index (χ0n) is 11.5. The quantitative estimate of drug-likeness (QED) is 0.599. The Morgan fingerprint density at radius 1 is 1.29 bits per heavy atom. The molecular weight excluding hydrogens is 300 g/mol. The number of ether oxygens (including phenoxy) is 1. The molecule has 0 aliphatic rings. The molecule has 0 radical (unpaired) electrons. The van der Waals surface area contributed by atoms with E-state index in [2.05, 4.69) is 10.0 Å². The molecule has 0 aliphatic carbocycles. The number of carboxylic acids is 1. The predicted octanol–water partition coefficient (Wildman–Crippen LogP) is -0.192. The standard InChI is InChI=1S/C12H16N2O6S/c1-8(15)13-5-6-14-21(18,19)9-3-4-11(20-2)10(7-9)12(16)17/h3-4,7,14H,5-6H2,1-2H3,(H,13,15)(H,16,17). The zero-order valence-corrected chi connectivity index (χ0v) is 12.4. The molecule has 0 fully saturated rings. The van der Waals surface area contributed by atoms with Gasteiger partial charge in [-0.2, -0.15) is 0 Å². The number of aromatic carboxylic acids is 1. The van der Waals surface area contributed by atoms with E-state index in [9.17, 15) is 18.0 Å². The third kappa shape index (κ3) is 4.72. The summed E-state index contributed by atoms with van der Waals surface area (Å²) in [6.07, 6.45) is 0. The summed E-state index contributed by atoms with van der Waals surface area (Å²) in [5, 5.41) is 11.5. The van der Waals surface area contributed by atoms with E-state index in [0.717, 1.165) is 6.07 Å². The fourth-order valence-corrected chi connectivity index (χ4v) is 2.59. The summed E-state index contributed by atoms with van der Waals surface area (Å²) in [6.45, 7) is 1.45. The van der Waals surface area contributed by atoms with E-state index in [4.69, 9.17) is 9.84 Å². The summed E-state index contributed by atoms with van der Waals surface area (Å²) in [5.41, 5.74) is -0.248. The summed E-state index contributed by atoms with van der Waals surface area (Å²) in [6, 6.07) is 3.53. The number of nitrogens with one attached hydrogen (secondary N) is 2. The van der Waals surface area contributed by atoms with Gasteiger partial charge >= 0.3 is 5.97 Å². The van der Waals surface area contributed by atoms with Gasteiger partial charge in [-0.15, -0.1) is 0 Å². The number of sulfonamides is 1. The van der Waals surface area contributed by atoms with Crippen LogP contribution in [0.25, 0.3) is 0 Å². The van der Waals surface area contributed by atoms with Crippen molar-refractivity contribution >= 4 is 21.9 Å². The molecule has 3 N–H and O–H groups in total. The van der Waals surface area contributed by atoms with Gasteiger partial charge < -0.3 is 15.2 Å². The van der Waals surface area contributed by atoms with Gasteiger partial charge in [0.1, 0.15) is 11.3 Å². The van der Waals surface area contributed by atoms with Crippen LogP contribution in [0, 0.1) is 0 Å². The molecule has 1 aromatic rings. The summed E-state index contributed by atoms with van der Waals surface area (Å²) in [5.74, 6) is -1.49. The predicted molar refractivity (Wildman–Crippen MR) is 73.8 cm³/mol. The van der Waals surface area contributed by atoms with E-state index in [0.29, 0.717) is 0 Å². The van der Waals surface area contributed by atoms with Crippen molar-refractivity contribution in [3.05, 3.63) is 23.8 Å². The smallest absolute Gasteiger partial charge is 0.339 e. The van der Waals surface area contributed by atoms with Gasteiger partial charge in [0.05, 0.1) is 12.0 Å². The molecule has 0 spiro atoms. The van der Waals surface area contributed by atoms with Crippen LogP contribution in [0.1, 0.15) is 17.3 Å². The van der Waals surface area contributed by atoms with Gasteiger partial charge in [-0.05, 0) is 18.2 Å². The van der Waals surface area contributed by atoms with Crippen LogP contribution in [0.3, 0.4) is 0 Å². The average molecular weight is 316 g/mol. The zero-order chi connectivity index (χ0) is 16.0. The summed E-state index contributed by atoms with van der Waals surface area (Å²) in [7, 11) is -2.57. The third-order valence-electron chi connectivity index (χ3n) is 2.50. The number of hydrogen-bond donors (Lipinski definition) is 3. The van der Waals surface area contributed by atoms with Crippen molar-refractivity contribution in [1.29, 1.82) is 0 Å². The van der Waals surface area contributed by atoms with Gasteiger partial charge in [-0.1, -0.05) is 0 Å². The van der Waals surface area contributed by atoms with Gasteiger partial charge in [0.25, 0.3) is 0 Å². The number of rotatable bonds is 7. The minimum atomic E-state index is -3.86. The van der Waals surface area contributed by atoms with Gasteiger partial charge in [0.2, 0.25) is 15.9 Å². The van der Waals surface area contributed by atoms with E-state index in [1.165, 1.54) is 26.2 Å². The molecule has 116 valence electrons. The van der Waals surface area contributed by atoms with E-state index in [1.54, 1.807) is 0 Å². The second-order valence-corrected chi connectivity index (χ2v) is 5.81. The monoisotopic (exact) mass is 316 g/mol. The molecule has 0 atom stereocenters. The molecule has 0 aliphatic heterocycles. The number of carbonyl (C=O) groups is 2. The number of benzene rings is 1. The minimum Gasteiger partial charge on any atom is -0.496 e. The fraction of sp³-hybridized carbons (Fsp3) is 0.333. The normalized spacial score (nSPS) is 11.0. The maximum atomic E-state index is 12.0. The SMILES string of the molecule is COc1ccc(S(=O)(=O)NCCNC(C)=O)cc1C(=O)O. The third-order valence-corrected chi connectivity index (χ3v) is 3.96. The second kappa shape index (κ2) is 7.04. The van der Waals surface area contributed by atoms with Crippen molar-refractivity contribution in [2.24, 2.45) is 0 Å². The molecular formula is C12H16N2O6S. The molecule has 0 saturated heterocycles. The van der Waals surface area contributed by atoms with Crippen molar-refractivity contribution in [2.45, 2.75) is 11.8 Å². The molecule has 1 amide bonds. The lowest BCUT2D eigenvalue weighted by Crippen LogP contribution is -2.33. The Bertz CT molecular complexity index is 641. The maximum absolute atomic E-state index is 12.0. The van der Waals surface area contributed by atoms with Crippen LogP contribution < -0.4 is 14.8 Å². The topological polar surface area (TPSA) is 122 Å². The molecule has 0 aromatic heterocycles. The highest BCUT2D eigenvalue weighted by Gasteiger charge is 2.19. The lowest BCUT2D eigenvalue weighted by atomic mass is 10.2. The van der Waals surface area contributed by atoms with Crippen LogP contribution in [0.2, 0.25) is 0 Å². The van der Waals surface area contributed by atoms with E-state index < -0.39 is 16.0 Å². The number of carbonyl (C=O) groups excluding carboxylic acids is 1. The molecule has 1 aromatic carbocycles. The van der Waals surface area contributed by atoms with Crippen molar-refractivity contribution < 1.29 is 27.9 Å². The summed E-state index contributed by atoms with van der Waals surface area (Å²) >= 11 is 0. The van der Waals surface area contributed by atoms with Crippen molar-refractivity contribution in [2.75, 3.05) is 20.2 Å². The van der Waals surface area contributed by atoms with Gasteiger partial charge in [0.15, 0.2) is 0 Å². The van der Waals surface area contributed by atoms with E-state index >= 15 is 0 Å². The molecule has 0 heterocycles. The van der Waals surface area contributed by atoms with E-state index in [1.807, 2.05) is 0 Å². The Kier molecular flexibility index (Phi) is 5.68.